The minimum Gasteiger partial charge on any atom is -0.493 e. The average Bonchev–Trinajstić information content (AvgIpc) is 2.39. The van der Waals surface area contributed by atoms with Crippen molar-refractivity contribution in [1.29, 1.82) is 0 Å². The van der Waals surface area contributed by atoms with E-state index in [2.05, 4.69) is 13.8 Å². The molecule has 0 amide bonds. The van der Waals surface area contributed by atoms with Gasteiger partial charge >= 0.3 is 0 Å². The lowest BCUT2D eigenvalue weighted by Crippen LogP contribution is -2.25. The highest BCUT2D eigenvalue weighted by molar-refractivity contribution is 6.31. The van der Waals surface area contributed by atoms with E-state index in [1.807, 2.05) is 26.0 Å². The number of ether oxygens (including phenoxy) is 2. The quantitative estimate of drug-likeness (QED) is 0.791. The molecule has 0 spiro atoms. The van der Waals surface area contributed by atoms with Crippen molar-refractivity contribution in [2.24, 2.45) is 5.73 Å². The smallest absolute Gasteiger partial charge is 0.122 e. The fourth-order valence-corrected chi connectivity index (χ4v) is 2.51. The minimum absolute atomic E-state index is 0.0668. The van der Waals surface area contributed by atoms with Crippen LogP contribution in [0.3, 0.4) is 0 Å². The normalized spacial score (nSPS) is 12.8. The van der Waals surface area contributed by atoms with Crippen molar-refractivity contribution in [3.05, 3.63) is 28.3 Å². The van der Waals surface area contributed by atoms with Crippen LogP contribution >= 0.6 is 11.6 Å². The third kappa shape index (κ3) is 4.97. The second-order valence-corrected chi connectivity index (χ2v) is 5.65. The zero-order valence-corrected chi connectivity index (χ0v) is 13.7. The molecule has 0 aliphatic heterocycles. The molecule has 1 atom stereocenters. The zero-order chi connectivity index (χ0) is 15.1. The molecule has 3 nitrogen and oxygen atoms in total. The summed E-state index contributed by atoms with van der Waals surface area (Å²) in [5.74, 6) is 1.27. The molecule has 114 valence electrons. The Kier molecular flexibility index (Phi) is 7.35. The predicted octanol–water partition coefficient (Wildman–Crippen LogP) is 3.90. The lowest BCUT2D eigenvalue weighted by molar-refractivity contribution is 0.0526. The third-order valence-electron chi connectivity index (χ3n) is 3.28. The van der Waals surface area contributed by atoms with Crippen LogP contribution in [0.4, 0.5) is 0 Å². The van der Waals surface area contributed by atoms with Crippen LogP contribution in [0, 0.1) is 6.92 Å². The fourth-order valence-electron chi connectivity index (χ4n) is 2.07. The van der Waals surface area contributed by atoms with Crippen molar-refractivity contribution < 1.29 is 9.47 Å². The van der Waals surface area contributed by atoms with Gasteiger partial charge in [0.25, 0.3) is 0 Å². The molecular weight excluding hydrogens is 274 g/mol. The summed E-state index contributed by atoms with van der Waals surface area (Å²) in [7, 11) is 0. The van der Waals surface area contributed by atoms with Crippen molar-refractivity contribution >= 4 is 11.6 Å². The molecule has 0 aromatic heterocycles. The van der Waals surface area contributed by atoms with Crippen molar-refractivity contribution in [2.75, 3.05) is 19.8 Å². The molecular formula is C16H26ClNO2. The maximum atomic E-state index is 6.25. The highest BCUT2D eigenvalue weighted by Gasteiger charge is 2.11. The predicted molar refractivity (Wildman–Crippen MR) is 84.9 cm³/mol. The molecule has 20 heavy (non-hydrogen) atoms. The van der Waals surface area contributed by atoms with Crippen LogP contribution in [0.2, 0.25) is 5.02 Å². The second-order valence-electron chi connectivity index (χ2n) is 5.24. The molecule has 1 aromatic rings. The first kappa shape index (κ1) is 17.3. The van der Waals surface area contributed by atoms with Gasteiger partial charge in [-0.1, -0.05) is 25.4 Å². The largest absolute Gasteiger partial charge is 0.493 e. The summed E-state index contributed by atoms with van der Waals surface area (Å²) in [6.07, 6.45) is 0.862. The molecule has 0 saturated carbocycles. The first-order valence-electron chi connectivity index (χ1n) is 7.24. The van der Waals surface area contributed by atoms with Gasteiger partial charge in [-0.2, -0.15) is 0 Å². The van der Waals surface area contributed by atoms with Gasteiger partial charge < -0.3 is 15.2 Å². The Bertz CT molecular complexity index is 421. The van der Waals surface area contributed by atoms with E-state index in [1.165, 1.54) is 0 Å². The van der Waals surface area contributed by atoms with Crippen LogP contribution < -0.4 is 10.5 Å². The van der Waals surface area contributed by atoms with E-state index in [0.717, 1.165) is 28.3 Å². The summed E-state index contributed by atoms with van der Waals surface area (Å²) >= 11 is 6.25. The highest BCUT2D eigenvalue weighted by atomic mass is 35.5. The minimum atomic E-state index is 0.0668. The van der Waals surface area contributed by atoms with Gasteiger partial charge in [0.15, 0.2) is 0 Å². The number of benzene rings is 1. The van der Waals surface area contributed by atoms with Gasteiger partial charge in [-0.15, -0.1) is 0 Å². The summed E-state index contributed by atoms with van der Waals surface area (Å²) < 4.78 is 11.4. The molecule has 1 rings (SSSR count). The number of hydrogen-bond acceptors (Lipinski definition) is 3. The van der Waals surface area contributed by atoms with E-state index < -0.39 is 0 Å². The third-order valence-corrected chi connectivity index (χ3v) is 3.61. The van der Waals surface area contributed by atoms with E-state index in [9.17, 15) is 0 Å². The van der Waals surface area contributed by atoms with Gasteiger partial charge in [-0.3, -0.25) is 0 Å². The lowest BCUT2D eigenvalue weighted by atomic mass is 10.0. The standard InChI is InChI=1S/C16H26ClNO2/c1-5-19-13(10-18)6-7-20-16-9-14(11(2)3)15(17)8-12(16)4/h8-9,11,13H,5-7,10,18H2,1-4H3. The van der Waals surface area contributed by atoms with Crippen molar-refractivity contribution in [3.8, 4) is 5.75 Å². The Morgan fingerprint density at radius 2 is 2.00 bits per heavy atom. The molecule has 1 unspecified atom stereocenters. The van der Waals surface area contributed by atoms with Gasteiger partial charge in [-0.25, -0.2) is 0 Å². The number of nitrogens with two attached hydrogens (primary N) is 1. The summed E-state index contributed by atoms with van der Waals surface area (Å²) in [4.78, 5) is 0. The van der Waals surface area contributed by atoms with E-state index in [-0.39, 0.29) is 6.10 Å². The molecule has 0 aliphatic rings. The first-order chi connectivity index (χ1) is 9.49. The van der Waals surface area contributed by atoms with Crippen LogP contribution in [0.5, 0.6) is 5.75 Å². The molecule has 0 heterocycles. The van der Waals surface area contributed by atoms with Gasteiger partial charge in [0.05, 0.1) is 12.7 Å². The maximum absolute atomic E-state index is 6.25. The SMILES string of the molecule is CCOC(CN)CCOc1cc(C(C)C)c(Cl)cc1C. The molecule has 0 fully saturated rings. The van der Waals surface area contributed by atoms with E-state index in [1.54, 1.807) is 0 Å². The van der Waals surface area contributed by atoms with E-state index in [4.69, 9.17) is 26.8 Å². The molecule has 2 N–H and O–H groups in total. The summed E-state index contributed by atoms with van der Waals surface area (Å²) in [6.45, 7) is 10.0. The van der Waals surface area contributed by atoms with Crippen LogP contribution in [-0.4, -0.2) is 25.9 Å². The van der Waals surface area contributed by atoms with Gasteiger partial charge in [-0.05, 0) is 43.0 Å². The average molecular weight is 300 g/mol. The molecule has 0 aliphatic carbocycles. The Labute approximate surface area is 127 Å². The molecule has 0 saturated heterocycles. The molecule has 1 aromatic carbocycles. The maximum Gasteiger partial charge on any atom is 0.122 e. The Morgan fingerprint density at radius 3 is 2.55 bits per heavy atom. The van der Waals surface area contributed by atoms with Crippen LogP contribution in [0.25, 0.3) is 0 Å². The van der Waals surface area contributed by atoms with Crippen molar-refractivity contribution in [3.63, 3.8) is 0 Å². The Morgan fingerprint density at radius 1 is 1.30 bits per heavy atom. The van der Waals surface area contributed by atoms with Crippen LogP contribution in [-0.2, 0) is 4.74 Å². The molecule has 4 heteroatoms. The monoisotopic (exact) mass is 299 g/mol. The summed E-state index contributed by atoms with van der Waals surface area (Å²) in [6, 6.07) is 4.01. The number of hydrogen-bond donors (Lipinski definition) is 1. The zero-order valence-electron chi connectivity index (χ0n) is 12.9. The molecule has 0 radical (unpaired) electrons. The lowest BCUT2D eigenvalue weighted by Gasteiger charge is -2.17. The number of halogens is 1. The van der Waals surface area contributed by atoms with Crippen LogP contribution in [0.1, 0.15) is 44.2 Å². The Hall–Kier alpha value is -0.770. The fraction of sp³-hybridized carbons (Fsp3) is 0.625. The first-order valence-corrected chi connectivity index (χ1v) is 7.61. The second kappa shape index (κ2) is 8.50. The van der Waals surface area contributed by atoms with Gasteiger partial charge in [0.2, 0.25) is 0 Å². The number of rotatable bonds is 8. The van der Waals surface area contributed by atoms with Crippen molar-refractivity contribution in [1.82, 2.24) is 0 Å². The highest BCUT2D eigenvalue weighted by Crippen LogP contribution is 2.31. The van der Waals surface area contributed by atoms with Crippen molar-refractivity contribution in [2.45, 2.75) is 46.1 Å². The topological polar surface area (TPSA) is 44.5 Å². The van der Waals surface area contributed by atoms with E-state index in [0.29, 0.717) is 25.7 Å². The number of aryl methyl sites for hydroxylation is 1. The van der Waals surface area contributed by atoms with Crippen LogP contribution in [0.15, 0.2) is 12.1 Å². The molecule has 0 bridgehead atoms. The van der Waals surface area contributed by atoms with E-state index >= 15 is 0 Å². The van der Waals surface area contributed by atoms with Gasteiger partial charge in [0.1, 0.15) is 5.75 Å². The summed E-state index contributed by atoms with van der Waals surface area (Å²) in [5, 5.41) is 0.805. The summed E-state index contributed by atoms with van der Waals surface area (Å²) in [5.41, 5.74) is 7.83. The Balaban J connectivity index is 2.66. The van der Waals surface area contributed by atoms with Gasteiger partial charge in [0, 0.05) is 24.6 Å².